The Labute approximate surface area is 154 Å². The van der Waals surface area contributed by atoms with E-state index in [-0.39, 0.29) is 12.3 Å². The molecule has 0 N–H and O–H groups in total. The molecule has 7 nitrogen and oxygen atoms in total. The first kappa shape index (κ1) is 18.1. The fraction of sp³-hybridized carbons (Fsp3) is 0.333. The van der Waals surface area contributed by atoms with Gasteiger partial charge in [0, 0.05) is 6.42 Å². The number of rotatable bonds is 6. The Morgan fingerprint density at radius 2 is 2.04 bits per heavy atom. The van der Waals surface area contributed by atoms with E-state index in [2.05, 4.69) is 10.1 Å². The number of ether oxygens (including phenoxy) is 2. The molecule has 0 fully saturated rings. The standard InChI is InChI=1S/C18H19N3O4S/c1-4-13(25-5-2)16-12(10-15(22)24-3)20-21(17(16)23)18-19-11-8-6-7-9-14(11)26-18/h6-9H,4-5,10H2,1-3H3/b16-13+. The Kier molecular flexibility index (Phi) is 5.32. The van der Waals surface area contributed by atoms with Crippen molar-refractivity contribution in [3.63, 3.8) is 0 Å². The van der Waals surface area contributed by atoms with Crippen molar-refractivity contribution >= 4 is 44.3 Å². The van der Waals surface area contributed by atoms with E-state index in [4.69, 9.17) is 9.47 Å². The molecule has 0 aliphatic carbocycles. The number of hydrazone groups is 1. The number of thiazole rings is 1. The minimum absolute atomic E-state index is 0.102. The second kappa shape index (κ2) is 7.65. The quantitative estimate of drug-likeness (QED) is 0.441. The highest BCUT2D eigenvalue weighted by molar-refractivity contribution is 7.22. The summed E-state index contributed by atoms with van der Waals surface area (Å²) in [6, 6.07) is 7.62. The van der Waals surface area contributed by atoms with Gasteiger partial charge < -0.3 is 9.47 Å². The van der Waals surface area contributed by atoms with E-state index in [0.29, 0.717) is 35.2 Å². The summed E-state index contributed by atoms with van der Waals surface area (Å²) in [6.07, 6.45) is 0.415. The smallest absolute Gasteiger partial charge is 0.311 e. The third kappa shape index (κ3) is 3.32. The van der Waals surface area contributed by atoms with Crippen molar-refractivity contribution in [2.24, 2.45) is 5.10 Å². The average molecular weight is 373 g/mol. The van der Waals surface area contributed by atoms with Crippen molar-refractivity contribution in [3.8, 4) is 0 Å². The van der Waals surface area contributed by atoms with Crippen LogP contribution >= 0.6 is 11.3 Å². The third-order valence-corrected chi connectivity index (χ3v) is 4.85. The number of methoxy groups -OCH3 is 1. The fourth-order valence-electron chi connectivity index (χ4n) is 2.66. The van der Waals surface area contributed by atoms with Crippen molar-refractivity contribution in [3.05, 3.63) is 35.6 Å². The molecule has 136 valence electrons. The van der Waals surface area contributed by atoms with Crippen molar-refractivity contribution < 1.29 is 19.1 Å². The van der Waals surface area contributed by atoms with Gasteiger partial charge in [0.15, 0.2) is 0 Å². The monoisotopic (exact) mass is 373 g/mol. The maximum Gasteiger partial charge on any atom is 0.311 e. The zero-order valence-electron chi connectivity index (χ0n) is 14.8. The number of allylic oxidation sites excluding steroid dienone is 1. The van der Waals surface area contributed by atoms with Gasteiger partial charge in [-0.15, -0.1) is 0 Å². The summed E-state index contributed by atoms with van der Waals surface area (Å²) in [5, 5.41) is 6.07. The van der Waals surface area contributed by atoms with Crippen LogP contribution in [0.1, 0.15) is 26.7 Å². The van der Waals surface area contributed by atoms with Crippen LogP contribution in [-0.2, 0) is 19.1 Å². The van der Waals surface area contributed by atoms with E-state index >= 15 is 0 Å². The van der Waals surface area contributed by atoms with Crippen LogP contribution < -0.4 is 5.01 Å². The van der Waals surface area contributed by atoms with E-state index in [9.17, 15) is 9.59 Å². The van der Waals surface area contributed by atoms with Gasteiger partial charge in [0.2, 0.25) is 5.13 Å². The highest BCUT2D eigenvalue weighted by Crippen LogP contribution is 2.33. The number of carbonyl (C=O) groups is 2. The molecule has 0 atom stereocenters. The van der Waals surface area contributed by atoms with Crippen molar-refractivity contribution in [2.45, 2.75) is 26.7 Å². The second-order valence-electron chi connectivity index (χ2n) is 5.47. The molecule has 0 spiro atoms. The molecule has 0 unspecified atom stereocenters. The molecule has 0 saturated carbocycles. The van der Waals surface area contributed by atoms with Crippen LogP contribution in [0.3, 0.4) is 0 Å². The molecule has 0 bridgehead atoms. The number of benzene rings is 1. The van der Waals surface area contributed by atoms with Crippen molar-refractivity contribution in [1.29, 1.82) is 0 Å². The molecular formula is C18H19N3O4S. The van der Waals surface area contributed by atoms with Crippen LogP contribution in [0, 0.1) is 0 Å². The summed E-state index contributed by atoms with van der Waals surface area (Å²) in [5.41, 5.74) is 1.45. The van der Waals surface area contributed by atoms with Crippen LogP contribution in [0.15, 0.2) is 40.7 Å². The van der Waals surface area contributed by atoms with E-state index < -0.39 is 5.97 Å². The molecule has 3 rings (SSSR count). The van der Waals surface area contributed by atoms with Crippen LogP contribution in [0.25, 0.3) is 10.2 Å². The normalized spacial score (nSPS) is 16.0. The maximum absolute atomic E-state index is 13.0. The van der Waals surface area contributed by atoms with E-state index in [0.717, 1.165) is 10.2 Å². The summed E-state index contributed by atoms with van der Waals surface area (Å²) < 4.78 is 11.3. The van der Waals surface area contributed by atoms with Gasteiger partial charge in [0.25, 0.3) is 5.91 Å². The van der Waals surface area contributed by atoms with Crippen LogP contribution in [0.2, 0.25) is 0 Å². The molecule has 0 radical (unpaired) electrons. The van der Waals surface area contributed by atoms with E-state index in [1.54, 1.807) is 0 Å². The number of esters is 1. The van der Waals surface area contributed by atoms with E-state index in [1.807, 2.05) is 38.1 Å². The van der Waals surface area contributed by atoms with Gasteiger partial charge in [-0.1, -0.05) is 30.4 Å². The molecule has 1 aromatic carbocycles. The average Bonchev–Trinajstić information content (AvgIpc) is 3.21. The lowest BCUT2D eigenvalue weighted by Crippen LogP contribution is -2.23. The summed E-state index contributed by atoms with van der Waals surface area (Å²) in [7, 11) is 1.30. The maximum atomic E-state index is 13.0. The van der Waals surface area contributed by atoms with Gasteiger partial charge in [-0.25, -0.2) is 4.98 Å². The van der Waals surface area contributed by atoms with Crippen molar-refractivity contribution in [2.75, 3.05) is 18.7 Å². The summed E-state index contributed by atoms with van der Waals surface area (Å²) in [4.78, 5) is 29.3. The Morgan fingerprint density at radius 3 is 2.69 bits per heavy atom. The summed E-state index contributed by atoms with van der Waals surface area (Å²) in [6.45, 7) is 4.16. The molecule has 26 heavy (non-hydrogen) atoms. The molecule has 2 heterocycles. The number of fused-ring (bicyclic) bond motifs is 1. The zero-order chi connectivity index (χ0) is 18.7. The van der Waals surface area contributed by atoms with Gasteiger partial charge in [-0.2, -0.15) is 10.1 Å². The van der Waals surface area contributed by atoms with Gasteiger partial charge in [0.1, 0.15) is 11.3 Å². The Balaban J connectivity index is 2.06. The fourth-order valence-corrected chi connectivity index (χ4v) is 3.58. The molecule has 2 aromatic rings. The zero-order valence-corrected chi connectivity index (χ0v) is 15.6. The Morgan fingerprint density at radius 1 is 1.27 bits per heavy atom. The highest BCUT2D eigenvalue weighted by atomic mass is 32.1. The highest BCUT2D eigenvalue weighted by Gasteiger charge is 2.37. The minimum atomic E-state index is -0.466. The van der Waals surface area contributed by atoms with Crippen molar-refractivity contribution in [1.82, 2.24) is 4.98 Å². The lowest BCUT2D eigenvalue weighted by molar-refractivity contribution is -0.139. The molecule has 8 heteroatoms. The molecule has 1 amide bonds. The first-order chi connectivity index (χ1) is 12.6. The molecule has 1 aliphatic heterocycles. The number of carbonyl (C=O) groups excluding carboxylic acids is 2. The number of aromatic nitrogens is 1. The number of hydrogen-bond acceptors (Lipinski definition) is 7. The number of amides is 1. The number of hydrogen-bond donors (Lipinski definition) is 0. The van der Waals surface area contributed by atoms with Gasteiger partial charge in [-0.3, -0.25) is 9.59 Å². The molecule has 0 saturated heterocycles. The Hall–Kier alpha value is -2.74. The van der Waals surface area contributed by atoms with Crippen LogP contribution in [-0.4, -0.2) is 36.3 Å². The predicted molar refractivity (Wildman–Crippen MR) is 100 cm³/mol. The van der Waals surface area contributed by atoms with Gasteiger partial charge in [0.05, 0.1) is 36.1 Å². The van der Waals surface area contributed by atoms with E-state index in [1.165, 1.54) is 23.5 Å². The predicted octanol–water partition coefficient (Wildman–Crippen LogP) is 3.26. The molecular weight excluding hydrogens is 354 g/mol. The number of nitrogens with zero attached hydrogens (tertiary/aromatic N) is 3. The second-order valence-corrected chi connectivity index (χ2v) is 6.47. The van der Waals surface area contributed by atoms with Gasteiger partial charge >= 0.3 is 5.97 Å². The molecule has 1 aromatic heterocycles. The SMILES string of the molecule is CCO/C(CC)=C1/C(=O)N(c2nc3ccccc3s2)N=C1CC(=O)OC. The lowest BCUT2D eigenvalue weighted by atomic mass is 10.1. The first-order valence-corrected chi connectivity index (χ1v) is 9.11. The first-order valence-electron chi connectivity index (χ1n) is 8.29. The number of para-hydroxylation sites is 1. The summed E-state index contributed by atoms with van der Waals surface area (Å²) in [5.74, 6) is -0.288. The topological polar surface area (TPSA) is 81.1 Å². The Bertz CT molecular complexity index is 883. The van der Waals surface area contributed by atoms with Gasteiger partial charge in [-0.05, 0) is 19.1 Å². The molecule has 1 aliphatic rings. The largest absolute Gasteiger partial charge is 0.497 e. The summed E-state index contributed by atoms with van der Waals surface area (Å²) >= 11 is 1.37. The third-order valence-electron chi connectivity index (χ3n) is 3.84. The number of anilines is 1. The van der Waals surface area contributed by atoms with Crippen LogP contribution in [0.4, 0.5) is 5.13 Å². The lowest BCUT2D eigenvalue weighted by Gasteiger charge is -2.11. The minimum Gasteiger partial charge on any atom is -0.497 e. The van der Waals surface area contributed by atoms with Crippen LogP contribution in [0.5, 0.6) is 0 Å².